The number of piperidine rings is 1. The second kappa shape index (κ2) is 6.60. The monoisotopic (exact) mass is 308 g/mol. The lowest BCUT2D eigenvalue weighted by atomic mass is 10.1. The molecule has 1 saturated heterocycles. The molecule has 3 unspecified atom stereocenters. The lowest BCUT2D eigenvalue weighted by Gasteiger charge is -2.32. The fourth-order valence-corrected chi connectivity index (χ4v) is 2.91. The van der Waals surface area contributed by atoms with Crippen LogP contribution in [0.4, 0.5) is 4.39 Å². The van der Waals surface area contributed by atoms with Crippen LogP contribution >= 0.6 is 0 Å². The molecule has 2 heterocycles. The summed E-state index contributed by atoms with van der Waals surface area (Å²) >= 11 is 0. The van der Waals surface area contributed by atoms with Gasteiger partial charge in [-0.05, 0) is 38.3 Å². The Morgan fingerprint density at radius 2 is 2.41 bits per heavy atom. The maximum absolute atomic E-state index is 13.6. The van der Waals surface area contributed by atoms with Gasteiger partial charge in [-0.1, -0.05) is 0 Å². The first-order valence-corrected chi connectivity index (χ1v) is 7.86. The maximum atomic E-state index is 13.6. The number of rotatable bonds is 5. The molecule has 3 atom stereocenters. The molecule has 0 bridgehead atoms. The third-order valence-corrected chi connectivity index (χ3v) is 4.12. The second-order valence-corrected chi connectivity index (χ2v) is 5.79. The van der Waals surface area contributed by atoms with E-state index in [4.69, 9.17) is 9.47 Å². The molecule has 0 spiro atoms. The highest BCUT2D eigenvalue weighted by molar-refractivity contribution is 5.82. The van der Waals surface area contributed by atoms with Gasteiger partial charge in [-0.3, -0.25) is 4.79 Å². The van der Waals surface area contributed by atoms with Crippen molar-refractivity contribution >= 4 is 5.91 Å². The molecule has 1 amide bonds. The topological polar surface area (TPSA) is 51.7 Å². The van der Waals surface area contributed by atoms with Crippen molar-refractivity contribution in [1.29, 1.82) is 0 Å². The number of carbonyl (C=O) groups is 1. The Balaban J connectivity index is 1.56. The van der Waals surface area contributed by atoms with Crippen molar-refractivity contribution in [1.82, 2.24) is 9.88 Å². The molecule has 120 valence electrons. The lowest BCUT2D eigenvalue weighted by molar-refractivity contribution is -0.136. The van der Waals surface area contributed by atoms with Crippen LogP contribution in [0.25, 0.3) is 0 Å². The third-order valence-electron chi connectivity index (χ3n) is 4.12. The van der Waals surface area contributed by atoms with E-state index in [9.17, 15) is 9.18 Å². The van der Waals surface area contributed by atoms with Gasteiger partial charge in [-0.15, -0.1) is 0 Å². The van der Waals surface area contributed by atoms with E-state index >= 15 is 0 Å². The highest BCUT2D eigenvalue weighted by Gasteiger charge is 2.46. The molecule has 1 aliphatic carbocycles. The minimum absolute atomic E-state index is 0.00899. The van der Waals surface area contributed by atoms with Crippen molar-refractivity contribution in [2.45, 2.75) is 38.4 Å². The van der Waals surface area contributed by atoms with Gasteiger partial charge in [0.15, 0.2) is 5.82 Å². The Hall–Kier alpha value is -1.69. The summed E-state index contributed by atoms with van der Waals surface area (Å²) < 4.78 is 24.7. The fraction of sp³-hybridized carbons (Fsp3) is 0.625. The van der Waals surface area contributed by atoms with Gasteiger partial charge in [0.25, 0.3) is 5.88 Å². The standard InChI is InChI=1S/C16H21FN2O3/c1-2-21-14-9-12(14)16(20)19-8-4-5-11(10-19)22-15-13(17)6-3-7-18-15/h3,6-7,11-12,14H,2,4-5,8-10H2,1H3. The summed E-state index contributed by atoms with van der Waals surface area (Å²) in [6.07, 6.45) is 3.85. The summed E-state index contributed by atoms with van der Waals surface area (Å²) in [6.45, 7) is 3.80. The average molecular weight is 308 g/mol. The van der Waals surface area contributed by atoms with Crippen LogP contribution in [0.3, 0.4) is 0 Å². The molecule has 3 rings (SSSR count). The zero-order chi connectivity index (χ0) is 15.5. The van der Waals surface area contributed by atoms with E-state index in [1.165, 1.54) is 18.3 Å². The predicted molar refractivity (Wildman–Crippen MR) is 77.9 cm³/mol. The van der Waals surface area contributed by atoms with E-state index in [0.29, 0.717) is 13.2 Å². The van der Waals surface area contributed by atoms with Crippen molar-refractivity contribution in [2.75, 3.05) is 19.7 Å². The van der Waals surface area contributed by atoms with Crippen molar-refractivity contribution in [3.8, 4) is 5.88 Å². The molecule has 1 saturated carbocycles. The minimum Gasteiger partial charge on any atom is -0.470 e. The molecule has 2 fully saturated rings. The van der Waals surface area contributed by atoms with Crippen molar-refractivity contribution in [3.63, 3.8) is 0 Å². The van der Waals surface area contributed by atoms with Crippen LogP contribution < -0.4 is 4.74 Å². The Morgan fingerprint density at radius 1 is 1.55 bits per heavy atom. The molecule has 5 nitrogen and oxygen atoms in total. The molecule has 6 heteroatoms. The number of halogens is 1. The Kier molecular flexibility index (Phi) is 4.57. The van der Waals surface area contributed by atoms with Crippen LogP contribution in [0.1, 0.15) is 26.2 Å². The predicted octanol–water partition coefficient (Wildman–Crippen LogP) is 2.02. The smallest absolute Gasteiger partial charge is 0.250 e. The largest absolute Gasteiger partial charge is 0.470 e. The lowest BCUT2D eigenvalue weighted by Crippen LogP contribution is -2.45. The molecule has 1 aromatic rings. The summed E-state index contributed by atoms with van der Waals surface area (Å²) in [5.41, 5.74) is 0. The highest BCUT2D eigenvalue weighted by atomic mass is 19.1. The van der Waals surface area contributed by atoms with Gasteiger partial charge in [0.2, 0.25) is 5.91 Å². The average Bonchev–Trinajstić information content (AvgIpc) is 3.29. The molecule has 22 heavy (non-hydrogen) atoms. The number of hydrogen-bond acceptors (Lipinski definition) is 4. The van der Waals surface area contributed by atoms with Gasteiger partial charge in [0.1, 0.15) is 6.10 Å². The van der Waals surface area contributed by atoms with Gasteiger partial charge in [-0.25, -0.2) is 9.37 Å². The van der Waals surface area contributed by atoms with Crippen molar-refractivity contribution in [3.05, 3.63) is 24.1 Å². The summed E-state index contributed by atoms with van der Waals surface area (Å²) in [6, 6.07) is 2.85. The van der Waals surface area contributed by atoms with Gasteiger partial charge in [-0.2, -0.15) is 0 Å². The number of carbonyl (C=O) groups excluding carboxylic acids is 1. The summed E-state index contributed by atoms with van der Waals surface area (Å²) in [7, 11) is 0. The molecule has 0 N–H and O–H groups in total. The van der Waals surface area contributed by atoms with Crippen LogP contribution in [-0.4, -0.2) is 47.7 Å². The van der Waals surface area contributed by atoms with Gasteiger partial charge < -0.3 is 14.4 Å². The molecular formula is C16H21FN2O3. The Morgan fingerprint density at radius 3 is 3.18 bits per heavy atom. The summed E-state index contributed by atoms with van der Waals surface area (Å²) in [4.78, 5) is 18.1. The van der Waals surface area contributed by atoms with Gasteiger partial charge in [0.05, 0.1) is 18.6 Å². The zero-order valence-corrected chi connectivity index (χ0v) is 12.7. The molecule has 1 aliphatic heterocycles. The molecular weight excluding hydrogens is 287 g/mol. The maximum Gasteiger partial charge on any atom is 0.250 e. The number of hydrogen-bond donors (Lipinski definition) is 0. The van der Waals surface area contributed by atoms with E-state index in [1.54, 1.807) is 0 Å². The number of pyridine rings is 1. The quantitative estimate of drug-likeness (QED) is 0.835. The third kappa shape index (κ3) is 3.38. The molecule has 2 aliphatic rings. The highest BCUT2D eigenvalue weighted by Crippen LogP contribution is 2.36. The minimum atomic E-state index is -0.468. The van der Waals surface area contributed by atoms with E-state index < -0.39 is 5.82 Å². The van der Waals surface area contributed by atoms with Gasteiger partial charge in [0, 0.05) is 19.3 Å². The van der Waals surface area contributed by atoms with Crippen LogP contribution in [0, 0.1) is 11.7 Å². The zero-order valence-electron chi connectivity index (χ0n) is 12.7. The normalized spacial score (nSPS) is 27.5. The number of amides is 1. The summed E-state index contributed by atoms with van der Waals surface area (Å²) in [5, 5.41) is 0. The van der Waals surface area contributed by atoms with E-state index in [1.807, 2.05) is 11.8 Å². The number of ether oxygens (including phenoxy) is 2. The van der Waals surface area contributed by atoms with Crippen LogP contribution in [0.15, 0.2) is 18.3 Å². The molecule has 1 aromatic heterocycles. The molecule has 0 radical (unpaired) electrons. The molecule has 0 aromatic carbocycles. The van der Waals surface area contributed by atoms with Crippen LogP contribution in [0.2, 0.25) is 0 Å². The van der Waals surface area contributed by atoms with Crippen molar-refractivity contribution < 1.29 is 18.7 Å². The van der Waals surface area contributed by atoms with Gasteiger partial charge >= 0.3 is 0 Å². The van der Waals surface area contributed by atoms with E-state index in [0.717, 1.165) is 25.8 Å². The van der Waals surface area contributed by atoms with E-state index in [-0.39, 0.29) is 29.9 Å². The Bertz CT molecular complexity index is 540. The fourth-order valence-electron chi connectivity index (χ4n) is 2.91. The number of nitrogens with zero attached hydrogens (tertiary/aromatic N) is 2. The SMILES string of the molecule is CCOC1CC1C(=O)N1CCCC(Oc2ncccc2F)C1. The first-order valence-electron chi connectivity index (χ1n) is 7.86. The van der Waals surface area contributed by atoms with Crippen LogP contribution in [-0.2, 0) is 9.53 Å². The summed E-state index contributed by atoms with van der Waals surface area (Å²) in [5.74, 6) is -0.330. The first-order chi connectivity index (χ1) is 10.7. The number of likely N-dealkylation sites (tertiary alicyclic amines) is 1. The number of aromatic nitrogens is 1. The van der Waals surface area contributed by atoms with Crippen LogP contribution in [0.5, 0.6) is 5.88 Å². The second-order valence-electron chi connectivity index (χ2n) is 5.79. The Labute approximate surface area is 129 Å². The van der Waals surface area contributed by atoms with Crippen molar-refractivity contribution in [2.24, 2.45) is 5.92 Å². The first kappa shape index (κ1) is 15.2. The van der Waals surface area contributed by atoms with E-state index in [2.05, 4.69) is 4.98 Å².